The van der Waals surface area contributed by atoms with E-state index in [4.69, 9.17) is 5.26 Å². The first kappa shape index (κ1) is 10.1. The molecule has 2 aromatic rings. The second-order valence-electron chi connectivity index (χ2n) is 3.51. The normalized spacial score (nSPS) is 12.5. The fourth-order valence-corrected chi connectivity index (χ4v) is 2.45. The van der Waals surface area contributed by atoms with E-state index in [0.717, 1.165) is 10.5 Å². The summed E-state index contributed by atoms with van der Waals surface area (Å²) in [5.41, 5.74) is 1.16. The molecule has 0 radical (unpaired) electrons. The molecule has 76 valence electrons. The number of hydrogen-bond acceptors (Lipinski definition) is 2. The number of rotatable bonds is 3. The summed E-state index contributed by atoms with van der Waals surface area (Å²) in [6, 6.07) is 12.5. The lowest BCUT2D eigenvalue weighted by molar-refractivity contribution is 0.984. The number of nitriles is 1. The molecule has 0 aliphatic heterocycles. The van der Waals surface area contributed by atoms with Crippen LogP contribution in [-0.4, -0.2) is 10.2 Å². The number of para-hydroxylation sites is 1. The smallest absolute Gasteiger partial charge is 0.0735 e. The molecule has 0 aliphatic carbocycles. The fraction of sp³-hybridized carbons (Fsp3) is 0.250. The van der Waals surface area contributed by atoms with E-state index in [1.54, 1.807) is 11.8 Å². The van der Waals surface area contributed by atoms with Crippen LogP contribution < -0.4 is 0 Å². The number of fused-ring (bicyclic) bond motifs is 1. The molecule has 1 unspecified atom stereocenters. The molecule has 1 aromatic heterocycles. The van der Waals surface area contributed by atoms with Crippen molar-refractivity contribution in [3.8, 4) is 6.07 Å². The molecular formula is C12H12N2S. The van der Waals surface area contributed by atoms with E-state index in [1.165, 1.54) is 5.39 Å². The summed E-state index contributed by atoms with van der Waals surface area (Å²) in [4.78, 5) is 3.34. The summed E-state index contributed by atoms with van der Waals surface area (Å²) in [5.74, 6) is 0. The number of nitrogens with zero attached hydrogens (tertiary/aromatic N) is 1. The van der Waals surface area contributed by atoms with Crippen molar-refractivity contribution in [3.05, 3.63) is 30.3 Å². The van der Waals surface area contributed by atoms with Crippen LogP contribution >= 0.6 is 11.8 Å². The summed E-state index contributed by atoms with van der Waals surface area (Å²) in [6.07, 6.45) is 0.583. The van der Waals surface area contributed by atoms with Gasteiger partial charge in [0.25, 0.3) is 0 Å². The Kier molecular flexibility index (Phi) is 2.98. The Bertz CT molecular complexity index is 463. The molecule has 3 heteroatoms. The predicted molar refractivity (Wildman–Crippen MR) is 63.8 cm³/mol. The highest BCUT2D eigenvalue weighted by Gasteiger charge is 2.06. The average molecular weight is 216 g/mol. The van der Waals surface area contributed by atoms with Crippen molar-refractivity contribution in [2.75, 3.05) is 0 Å². The van der Waals surface area contributed by atoms with Crippen molar-refractivity contribution in [2.45, 2.75) is 23.6 Å². The van der Waals surface area contributed by atoms with Crippen molar-refractivity contribution in [1.82, 2.24) is 4.98 Å². The van der Waals surface area contributed by atoms with Gasteiger partial charge in [-0.05, 0) is 12.1 Å². The van der Waals surface area contributed by atoms with E-state index in [-0.39, 0.29) is 0 Å². The van der Waals surface area contributed by atoms with Crippen LogP contribution in [0, 0.1) is 11.3 Å². The number of nitrogens with one attached hydrogen (secondary N) is 1. The maximum atomic E-state index is 8.58. The van der Waals surface area contributed by atoms with E-state index in [9.17, 15) is 0 Å². The SMILES string of the molecule is CC(CC#N)Sc1cc2ccccc2[nH]1. The molecule has 0 spiro atoms. The second kappa shape index (κ2) is 4.41. The van der Waals surface area contributed by atoms with Gasteiger partial charge in [0.15, 0.2) is 0 Å². The van der Waals surface area contributed by atoms with E-state index in [2.05, 4.69) is 36.2 Å². The highest BCUT2D eigenvalue weighted by atomic mass is 32.2. The quantitative estimate of drug-likeness (QED) is 0.797. The summed E-state index contributed by atoms with van der Waals surface area (Å²) in [5, 5.41) is 11.3. The number of aromatic nitrogens is 1. The lowest BCUT2D eigenvalue weighted by Crippen LogP contribution is -1.92. The lowest BCUT2D eigenvalue weighted by atomic mass is 10.3. The van der Waals surface area contributed by atoms with Gasteiger partial charge in [-0.2, -0.15) is 5.26 Å². The first-order valence-electron chi connectivity index (χ1n) is 4.91. The Morgan fingerprint density at radius 3 is 3.00 bits per heavy atom. The average Bonchev–Trinajstić information content (AvgIpc) is 2.59. The molecule has 2 rings (SSSR count). The minimum atomic E-state index is 0.336. The van der Waals surface area contributed by atoms with E-state index < -0.39 is 0 Å². The van der Waals surface area contributed by atoms with Gasteiger partial charge < -0.3 is 4.98 Å². The largest absolute Gasteiger partial charge is 0.350 e. The molecule has 0 saturated heterocycles. The molecule has 0 amide bonds. The Balaban J connectivity index is 2.19. The second-order valence-corrected chi connectivity index (χ2v) is 4.99. The van der Waals surface area contributed by atoms with Crippen molar-refractivity contribution in [2.24, 2.45) is 0 Å². The Morgan fingerprint density at radius 2 is 2.27 bits per heavy atom. The number of H-pyrrole nitrogens is 1. The monoisotopic (exact) mass is 216 g/mol. The molecule has 1 N–H and O–H groups in total. The summed E-state index contributed by atoms with van der Waals surface area (Å²) < 4.78 is 0. The van der Waals surface area contributed by atoms with Gasteiger partial charge in [-0.25, -0.2) is 0 Å². The third-order valence-electron chi connectivity index (χ3n) is 2.21. The van der Waals surface area contributed by atoms with Crippen LogP contribution in [0.15, 0.2) is 35.4 Å². The van der Waals surface area contributed by atoms with Crippen LogP contribution in [0.5, 0.6) is 0 Å². The standard InChI is InChI=1S/C12H12N2S/c1-9(6-7-13)15-12-8-10-4-2-3-5-11(10)14-12/h2-5,8-9,14H,6H2,1H3. The highest BCUT2D eigenvalue weighted by molar-refractivity contribution is 7.99. The summed E-state index contributed by atoms with van der Waals surface area (Å²) in [6.45, 7) is 2.07. The van der Waals surface area contributed by atoms with Gasteiger partial charge in [-0.3, -0.25) is 0 Å². The zero-order valence-electron chi connectivity index (χ0n) is 8.53. The van der Waals surface area contributed by atoms with Gasteiger partial charge >= 0.3 is 0 Å². The van der Waals surface area contributed by atoms with Crippen LogP contribution in [0.2, 0.25) is 0 Å². The van der Waals surface area contributed by atoms with E-state index in [1.807, 2.05) is 12.1 Å². The van der Waals surface area contributed by atoms with Gasteiger partial charge in [0.1, 0.15) is 0 Å². The van der Waals surface area contributed by atoms with Gasteiger partial charge in [0.05, 0.1) is 11.1 Å². The molecule has 0 aliphatic rings. The van der Waals surface area contributed by atoms with Crippen LogP contribution in [0.1, 0.15) is 13.3 Å². The summed E-state index contributed by atoms with van der Waals surface area (Å²) >= 11 is 1.72. The van der Waals surface area contributed by atoms with Crippen LogP contribution in [0.25, 0.3) is 10.9 Å². The maximum Gasteiger partial charge on any atom is 0.0735 e. The molecular weight excluding hydrogens is 204 g/mol. The summed E-state index contributed by atoms with van der Waals surface area (Å²) in [7, 11) is 0. The molecule has 0 bridgehead atoms. The zero-order chi connectivity index (χ0) is 10.7. The molecule has 0 saturated carbocycles. The third-order valence-corrected chi connectivity index (χ3v) is 3.26. The number of thioether (sulfide) groups is 1. The molecule has 0 fully saturated rings. The van der Waals surface area contributed by atoms with E-state index >= 15 is 0 Å². The molecule has 1 aromatic carbocycles. The van der Waals surface area contributed by atoms with Crippen LogP contribution in [-0.2, 0) is 0 Å². The molecule has 15 heavy (non-hydrogen) atoms. The minimum Gasteiger partial charge on any atom is -0.350 e. The molecule has 1 atom stereocenters. The number of hydrogen-bond donors (Lipinski definition) is 1. The fourth-order valence-electron chi connectivity index (χ4n) is 1.50. The topological polar surface area (TPSA) is 39.6 Å². The Labute approximate surface area is 93.3 Å². The third kappa shape index (κ3) is 2.34. The minimum absolute atomic E-state index is 0.336. The predicted octanol–water partition coefficient (Wildman–Crippen LogP) is 3.56. The molecule has 2 nitrogen and oxygen atoms in total. The van der Waals surface area contributed by atoms with Gasteiger partial charge in [0, 0.05) is 22.6 Å². The Morgan fingerprint density at radius 1 is 1.47 bits per heavy atom. The number of benzene rings is 1. The van der Waals surface area contributed by atoms with Gasteiger partial charge in [0.2, 0.25) is 0 Å². The van der Waals surface area contributed by atoms with Crippen molar-refractivity contribution in [1.29, 1.82) is 5.26 Å². The first-order chi connectivity index (χ1) is 7.29. The van der Waals surface area contributed by atoms with Crippen molar-refractivity contribution in [3.63, 3.8) is 0 Å². The van der Waals surface area contributed by atoms with Crippen LogP contribution in [0.3, 0.4) is 0 Å². The lowest BCUT2D eigenvalue weighted by Gasteiger charge is -2.03. The zero-order valence-corrected chi connectivity index (χ0v) is 9.34. The highest BCUT2D eigenvalue weighted by Crippen LogP contribution is 2.27. The first-order valence-corrected chi connectivity index (χ1v) is 5.79. The van der Waals surface area contributed by atoms with Crippen LogP contribution in [0.4, 0.5) is 0 Å². The van der Waals surface area contributed by atoms with Crippen molar-refractivity contribution < 1.29 is 0 Å². The Hall–Kier alpha value is -1.40. The number of aromatic amines is 1. The molecule has 1 heterocycles. The van der Waals surface area contributed by atoms with Crippen molar-refractivity contribution >= 4 is 22.7 Å². The maximum absolute atomic E-state index is 8.58. The van der Waals surface area contributed by atoms with E-state index in [0.29, 0.717) is 11.7 Å². The van der Waals surface area contributed by atoms with Gasteiger partial charge in [-0.1, -0.05) is 25.1 Å². The van der Waals surface area contributed by atoms with Gasteiger partial charge in [-0.15, -0.1) is 11.8 Å².